The van der Waals surface area contributed by atoms with Crippen LogP contribution >= 0.6 is 0 Å². The third-order valence-corrected chi connectivity index (χ3v) is 2.71. The van der Waals surface area contributed by atoms with E-state index in [1.54, 1.807) is 0 Å². The smallest absolute Gasteiger partial charge is 0.308 e. The Labute approximate surface area is 80.7 Å². The first-order valence-corrected chi connectivity index (χ1v) is 5.44. The number of carbonyl (C=O) groups is 1. The van der Waals surface area contributed by atoms with Crippen molar-refractivity contribution in [2.24, 2.45) is 5.92 Å². The van der Waals surface area contributed by atoms with Crippen molar-refractivity contribution in [3.8, 4) is 0 Å². The summed E-state index contributed by atoms with van der Waals surface area (Å²) >= 11 is 0. The minimum Gasteiger partial charge on any atom is -0.462 e. The first-order valence-electron chi connectivity index (χ1n) is 5.44. The molecule has 0 unspecified atom stereocenters. The van der Waals surface area contributed by atoms with E-state index in [0.717, 1.165) is 25.7 Å². The average Bonchev–Trinajstić information content (AvgIpc) is 2.57. The summed E-state index contributed by atoms with van der Waals surface area (Å²) in [6.45, 7) is 4.06. The number of carbonyl (C=O) groups excluding carboxylic acids is 1. The molecule has 0 bridgehead atoms. The van der Waals surface area contributed by atoms with E-state index in [9.17, 15) is 4.79 Å². The lowest BCUT2D eigenvalue weighted by Gasteiger charge is -2.15. The highest BCUT2D eigenvalue weighted by Crippen LogP contribution is 2.22. The van der Waals surface area contributed by atoms with Crippen LogP contribution in [0.1, 0.15) is 52.4 Å². The Balaban J connectivity index is 2.22. The van der Waals surface area contributed by atoms with Crippen molar-refractivity contribution in [3.05, 3.63) is 0 Å². The second-order valence-corrected chi connectivity index (χ2v) is 4.03. The highest BCUT2D eigenvalue weighted by molar-refractivity contribution is 5.72. The Morgan fingerprint density at radius 1 is 1.46 bits per heavy atom. The highest BCUT2D eigenvalue weighted by atomic mass is 16.5. The molecule has 1 aliphatic rings. The van der Waals surface area contributed by atoms with Gasteiger partial charge in [-0.25, -0.2) is 0 Å². The predicted molar refractivity (Wildman–Crippen MR) is 52.4 cm³/mol. The van der Waals surface area contributed by atoms with Crippen molar-refractivity contribution in [1.29, 1.82) is 0 Å². The lowest BCUT2D eigenvalue weighted by molar-refractivity contribution is -0.153. The van der Waals surface area contributed by atoms with Crippen molar-refractivity contribution in [3.63, 3.8) is 0 Å². The van der Waals surface area contributed by atoms with Gasteiger partial charge in [-0.1, -0.05) is 20.3 Å². The molecular weight excluding hydrogens is 164 g/mol. The molecule has 0 aliphatic heterocycles. The van der Waals surface area contributed by atoms with Gasteiger partial charge in [-0.2, -0.15) is 0 Å². The first kappa shape index (κ1) is 10.6. The van der Waals surface area contributed by atoms with E-state index in [1.807, 2.05) is 6.92 Å². The molecule has 13 heavy (non-hydrogen) atoms. The molecule has 0 N–H and O–H groups in total. The van der Waals surface area contributed by atoms with Crippen LogP contribution in [0.3, 0.4) is 0 Å². The normalized spacial score (nSPS) is 20.2. The van der Waals surface area contributed by atoms with Crippen molar-refractivity contribution < 1.29 is 9.53 Å². The van der Waals surface area contributed by atoms with E-state index in [1.165, 1.54) is 12.8 Å². The van der Waals surface area contributed by atoms with Crippen LogP contribution < -0.4 is 0 Å². The number of hydrogen-bond donors (Lipinski definition) is 0. The van der Waals surface area contributed by atoms with E-state index in [-0.39, 0.29) is 18.0 Å². The van der Waals surface area contributed by atoms with Gasteiger partial charge < -0.3 is 4.74 Å². The van der Waals surface area contributed by atoms with Gasteiger partial charge in [0.2, 0.25) is 0 Å². The first-order chi connectivity index (χ1) is 6.24. The molecule has 0 saturated heterocycles. The predicted octanol–water partition coefficient (Wildman–Crippen LogP) is 2.91. The largest absolute Gasteiger partial charge is 0.462 e. The minimum atomic E-state index is 0.00810. The van der Waals surface area contributed by atoms with E-state index < -0.39 is 0 Å². The molecule has 1 saturated carbocycles. The monoisotopic (exact) mass is 184 g/mol. The molecule has 0 aromatic rings. The topological polar surface area (TPSA) is 26.3 Å². The van der Waals surface area contributed by atoms with Gasteiger partial charge >= 0.3 is 5.97 Å². The lowest BCUT2D eigenvalue weighted by Crippen LogP contribution is -2.20. The molecule has 0 aromatic heterocycles. The molecule has 0 spiro atoms. The summed E-state index contributed by atoms with van der Waals surface area (Å²) in [6.07, 6.45) is 6.83. The molecule has 2 nitrogen and oxygen atoms in total. The Hall–Kier alpha value is -0.530. The third kappa shape index (κ3) is 3.37. The van der Waals surface area contributed by atoms with E-state index in [2.05, 4.69) is 6.92 Å². The van der Waals surface area contributed by atoms with Crippen LogP contribution in [0.5, 0.6) is 0 Å². The molecule has 0 radical (unpaired) electrons. The van der Waals surface area contributed by atoms with Crippen molar-refractivity contribution in [1.82, 2.24) is 0 Å². The molecule has 1 aliphatic carbocycles. The molecule has 0 amide bonds. The SMILES string of the molecule is CCC[C@@H](C)C(=O)OC1CCCC1. The maximum Gasteiger partial charge on any atom is 0.308 e. The second-order valence-electron chi connectivity index (χ2n) is 4.03. The van der Waals surface area contributed by atoms with E-state index in [0.29, 0.717) is 0 Å². The summed E-state index contributed by atoms with van der Waals surface area (Å²) in [5, 5.41) is 0. The Bertz CT molecular complexity index is 159. The summed E-state index contributed by atoms with van der Waals surface area (Å²) in [5.41, 5.74) is 0. The van der Waals surface area contributed by atoms with Gasteiger partial charge in [-0.15, -0.1) is 0 Å². The minimum absolute atomic E-state index is 0.00810. The van der Waals surface area contributed by atoms with Gasteiger partial charge in [0, 0.05) is 0 Å². The second kappa shape index (κ2) is 5.25. The van der Waals surface area contributed by atoms with Crippen LogP contribution in [-0.2, 0) is 9.53 Å². The summed E-state index contributed by atoms with van der Waals surface area (Å²) in [6, 6.07) is 0. The van der Waals surface area contributed by atoms with Crippen LogP contribution in [0.2, 0.25) is 0 Å². The fourth-order valence-corrected chi connectivity index (χ4v) is 1.84. The Kier molecular flexibility index (Phi) is 4.26. The Morgan fingerprint density at radius 2 is 2.08 bits per heavy atom. The number of esters is 1. The van der Waals surface area contributed by atoms with E-state index in [4.69, 9.17) is 4.74 Å². The van der Waals surface area contributed by atoms with Gasteiger partial charge in [0.1, 0.15) is 6.10 Å². The fourth-order valence-electron chi connectivity index (χ4n) is 1.84. The maximum atomic E-state index is 11.5. The van der Waals surface area contributed by atoms with E-state index >= 15 is 0 Å². The molecule has 76 valence electrons. The van der Waals surface area contributed by atoms with Crippen LogP contribution in [0, 0.1) is 5.92 Å². The molecule has 1 atom stereocenters. The average molecular weight is 184 g/mol. The van der Waals surface area contributed by atoms with Gasteiger partial charge in [-0.05, 0) is 32.1 Å². The zero-order valence-electron chi connectivity index (χ0n) is 8.71. The zero-order chi connectivity index (χ0) is 9.68. The van der Waals surface area contributed by atoms with Crippen LogP contribution in [0.15, 0.2) is 0 Å². The zero-order valence-corrected chi connectivity index (χ0v) is 8.71. The lowest BCUT2D eigenvalue weighted by atomic mass is 10.1. The summed E-state index contributed by atoms with van der Waals surface area (Å²) in [7, 11) is 0. The molecule has 0 heterocycles. The molecule has 1 fully saturated rings. The van der Waals surface area contributed by atoms with Gasteiger partial charge in [0.15, 0.2) is 0 Å². The standard InChI is InChI=1S/C11H20O2/c1-3-6-9(2)11(12)13-10-7-4-5-8-10/h9-10H,3-8H2,1-2H3/t9-/m1/s1. The van der Waals surface area contributed by atoms with Crippen LogP contribution in [0.25, 0.3) is 0 Å². The van der Waals surface area contributed by atoms with Gasteiger partial charge in [0.05, 0.1) is 5.92 Å². The fraction of sp³-hybridized carbons (Fsp3) is 0.909. The summed E-state index contributed by atoms with van der Waals surface area (Å²) in [5.74, 6) is 0.0966. The van der Waals surface area contributed by atoms with Crippen LogP contribution in [0.4, 0.5) is 0 Å². The maximum absolute atomic E-state index is 11.5. The number of ether oxygens (including phenoxy) is 1. The van der Waals surface area contributed by atoms with Gasteiger partial charge in [0.25, 0.3) is 0 Å². The summed E-state index contributed by atoms with van der Waals surface area (Å²) < 4.78 is 5.39. The quantitative estimate of drug-likeness (QED) is 0.628. The highest BCUT2D eigenvalue weighted by Gasteiger charge is 2.21. The molecule has 1 rings (SSSR count). The Morgan fingerprint density at radius 3 is 2.62 bits per heavy atom. The molecule has 2 heteroatoms. The van der Waals surface area contributed by atoms with Crippen molar-refractivity contribution in [2.45, 2.75) is 58.5 Å². The summed E-state index contributed by atoms with van der Waals surface area (Å²) in [4.78, 5) is 11.5. The molecular formula is C11H20O2. The van der Waals surface area contributed by atoms with Crippen LogP contribution in [-0.4, -0.2) is 12.1 Å². The van der Waals surface area contributed by atoms with Crippen molar-refractivity contribution in [2.75, 3.05) is 0 Å². The van der Waals surface area contributed by atoms with Gasteiger partial charge in [-0.3, -0.25) is 4.79 Å². The number of hydrogen-bond acceptors (Lipinski definition) is 2. The molecule has 0 aromatic carbocycles. The third-order valence-electron chi connectivity index (χ3n) is 2.71. The van der Waals surface area contributed by atoms with Crippen molar-refractivity contribution >= 4 is 5.97 Å². The number of rotatable bonds is 4.